The van der Waals surface area contributed by atoms with Crippen molar-refractivity contribution in [2.24, 2.45) is 28.6 Å². The van der Waals surface area contributed by atoms with Crippen LogP contribution in [0.4, 0.5) is 0 Å². The van der Waals surface area contributed by atoms with Crippen molar-refractivity contribution in [3.8, 4) is 0 Å². The average Bonchev–Trinajstić information content (AvgIpc) is 3.06. The molecule has 4 bridgehead atoms. The van der Waals surface area contributed by atoms with Crippen LogP contribution in [0.2, 0.25) is 0 Å². The van der Waals surface area contributed by atoms with E-state index in [1.54, 1.807) is 0 Å². The van der Waals surface area contributed by atoms with E-state index in [0.717, 1.165) is 62.9 Å². The molecule has 5 aliphatic rings. The molecule has 1 unspecified atom stereocenters. The molecule has 4 aliphatic carbocycles. The molecule has 158 valence electrons. The average molecular weight is 390 g/mol. The first-order chi connectivity index (χ1) is 13.2. The number of rotatable bonds is 6. The van der Waals surface area contributed by atoms with E-state index in [0.29, 0.717) is 12.5 Å². The van der Waals surface area contributed by atoms with Gasteiger partial charge in [0, 0.05) is 19.6 Å². The highest BCUT2D eigenvalue weighted by molar-refractivity contribution is 5.91. The first kappa shape index (κ1) is 20.2. The summed E-state index contributed by atoms with van der Waals surface area (Å²) in [6, 6.07) is -0.254. The molecule has 0 spiro atoms. The van der Waals surface area contributed by atoms with Gasteiger partial charge in [-0.2, -0.15) is 0 Å². The monoisotopic (exact) mass is 389 g/mol. The molecule has 1 saturated heterocycles. The smallest absolute Gasteiger partial charge is 0.242 e. The van der Waals surface area contributed by atoms with E-state index in [1.807, 2.05) is 4.90 Å². The van der Waals surface area contributed by atoms with Crippen molar-refractivity contribution in [1.82, 2.24) is 15.1 Å². The minimum Gasteiger partial charge on any atom is -0.354 e. The fraction of sp³-hybridized carbons (Fsp3) is 0.913. The highest BCUT2D eigenvalue weighted by atomic mass is 16.2. The van der Waals surface area contributed by atoms with Crippen LogP contribution in [0.5, 0.6) is 0 Å². The molecule has 1 aliphatic heterocycles. The van der Waals surface area contributed by atoms with E-state index in [-0.39, 0.29) is 22.8 Å². The van der Waals surface area contributed by atoms with Crippen LogP contribution >= 0.6 is 0 Å². The Bertz CT molecular complexity index is 592. The number of carbonyl (C=O) groups is 2. The quantitative estimate of drug-likeness (QED) is 0.760. The second kappa shape index (κ2) is 7.30. The first-order valence-electron chi connectivity index (χ1n) is 11.4. The lowest BCUT2D eigenvalue weighted by atomic mass is 9.49. The van der Waals surface area contributed by atoms with Crippen LogP contribution in [0.25, 0.3) is 0 Å². The SMILES string of the molecule is CN(C)CC(C)(C)CNC(=O)C1CCCN1C(=O)C12CC3CC(CC(C3)C1)C2. The molecule has 4 saturated carbocycles. The van der Waals surface area contributed by atoms with Gasteiger partial charge in [0.2, 0.25) is 11.8 Å². The van der Waals surface area contributed by atoms with Gasteiger partial charge in [-0.3, -0.25) is 9.59 Å². The Balaban J connectivity index is 1.41. The predicted molar refractivity (Wildman–Crippen MR) is 111 cm³/mol. The van der Waals surface area contributed by atoms with Crippen LogP contribution in [-0.2, 0) is 9.59 Å². The summed E-state index contributed by atoms with van der Waals surface area (Å²) in [5, 5.41) is 3.17. The second-order valence-corrected chi connectivity index (χ2v) is 11.5. The van der Waals surface area contributed by atoms with E-state index >= 15 is 0 Å². The zero-order valence-corrected chi connectivity index (χ0v) is 18.3. The molecule has 5 nitrogen and oxygen atoms in total. The van der Waals surface area contributed by atoms with Crippen molar-refractivity contribution >= 4 is 11.8 Å². The van der Waals surface area contributed by atoms with E-state index in [4.69, 9.17) is 0 Å². The van der Waals surface area contributed by atoms with Crippen molar-refractivity contribution < 1.29 is 9.59 Å². The van der Waals surface area contributed by atoms with Gasteiger partial charge in [-0.15, -0.1) is 0 Å². The van der Waals surface area contributed by atoms with Crippen molar-refractivity contribution in [2.75, 3.05) is 33.7 Å². The molecule has 5 rings (SSSR count). The van der Waals surface area contributed by atoms with Gasteiger partial charge in [0.15, 0.2) is 0 Å². The molecule has 5 heteroatoms. The maximum atomic E-state index is 13.7. The number of likely N-dealkylation sites (tertiary alicyclic amines) is 1. The van der Waals surface area contributed by atoms with E-state index in [1.165, 1.54) is 19.3 Å². The lowest BCUT2D eigenvalue weighted by molar-refractivity contribution is -0.160. The van der Waals surface area contributed by atoms with Gasteiger partial charge in [0.05, 0.1) is 5.41 Å². The molecule has 5 fully saturated rings. The molecule has 1 heterocycles. The third-order valence-corrected chi connectivity index (χ3v) is 7.79. The molecule has 2 amide bonds. The Kier molecular flexibility index (Phi) is 5.26. The van der Waals surface area contributed by atoms with Gasteiger partial charge < -0.3 is 15.1 Å². The maximum absolute atomic E-state index is 13.7. The van der Waals surface area contributed by atoms with Crippen LogP contribution < -0.4 is 5.32 Å². The van der Waals surface area contributed by atoms with Gasteiger partial charge >= 0.3 is 0 Å². The molecule has 1 N–H and O–H groups in total. The van der Waals surface area contributed by atoms with Crippen LogP contribution in [-0.4, -0.2) is 61.4 Å². The Morgan fingerprint density at radius 2 is 1.64 bits per heavy atom. The van der Waals surface area contributed by atoms with Gasteiger partial charge in [-0.05, 0) is 88.6 Å². The molecular weight excluding hydrogens is 350 g/mol. The van der Waals surface area contributed by atoms with Gasteiger partial charge in [0.25, 0.3) is 0 Å². The number of nitrogens with one attached hydrogen (secondary N) is 1. The zero-order chi connectivity index (χ0) is 20.1. The Labute approximate surface area is 170 Å². The standard InChI is InChI=1S/C23H39N3O2/c1-22(2,15-25(3)4)14-24-20(27)19-6-5-7-26(19)21(28)23-11-16-8-17(12-23)10-18(9-16)13-23/h16-19H,5-15H2,1-4H3,(H,24,27). The maximum Gasteiger partial charge on any atom is 0.242 e. The van der Waals surface area contributed by atoms with Crippen LogP contribution in [0.1, 0.15) is 65.2 Å². The Hall–Kier alpha value is -1.10. The summed E-state index contributed by atoms with van der Waals surface area (Å²) in [4.78, 5) is 30.8. The number of hydrogen-bond acceptors (Lipinski definition) is 3. The number of carbonyl (C=O) groups excluding carboxylic acids is 2. The van der Waals surface area contributed by atoms with Gasteiger partial charge in [-0.1, -0.05) is 13.8 Å². The summed E-state index contributed by atoms with van der Waals surface area (Å²) in [7, 11) is 4.12. The fourth-order valence-electron chi connectivity index (χ4n) is 7.32. The van der Waals surface area contributed by atoms with Crippen molar-refractivity contribution in [3.63, 3.8) is 0 Å². The lowest BCUT2D eigenvalue weighted by Gasteiger charge is -2.56. The third kappa shape index (κ3) is 3.83. The largest absolute Gasteiger partial charge is 0.354 e. The minimum absolute atomic E-state index is 0.0204. The van der Waals surface area contributed by atoms with E-state index in [9.17, 15) is 9.59 Å². The van der Waals surface area contributed by atoms with Gasteiger partial charge in [0.1, 0.15) is 6.04 Å². The predicted octanol–water partition coefficient (Wildman–Crippen LogP) is 2.90. The van der Waals surface area contributed by atoms with Gasteiger partial charge in [-0.25, -0.2) is 0 Å². The molecular formula is C23H39N3O2. The first-order valence-corrected chi connectivity index (χ1v) is 11.4. The number of nitrogens with zero attached hydrogens (tertiary/aromatic N) is 2. The van der Waals surface area contributed by atoms with Crippen molar-refractivity contribution in [1.29, 1.82) is 0 Å². The van der Waals surface area contributed by atoms with Crippen LogP contribution in [0, 0.1) is 28.6 Å². The summed E-state index contributed by atoms with van der Waals surface area (Å²) in [5.41, 5.74) is -0.117. The third-order valence-electron chi connectivity index (χ3n) is 7.79. The number of hydrogen-bond donors (Lipinski definition) is 1. The van der Waals surface area contributed by atoms with Crippen LogP contribution in [0.15, 0.2) is 0 Å². The lowest BCUT2D eigenvalue weighted by Crippen LogP contribution is -2.57. The zero-order valence-electron chi connectivity index (χ0n) is 18.3. The number of amides is 2. The molecule has 0 radical (unpaired) electrons. The molecule has 0 aromatic carbocycles. The Morgan fingerprint density at radius 3 is 2.18 bits per heavy atom. The van der Waals surface area contributed by atoms with E-state index in [2.05, 4.69) is 38.2 Å². The molecule has 28 heavy (non-hydrogen) atoms. The molecule has 0 aromatic rings. The highest BCUT2D eigenvalue weighted by Gasteiger charge is 2.56. The summed E-state index contributed by atoms with van der Waals surface area (Å²) < 4.78 is 0. The minimum atomic E-state index is -0.254. The van der Waals surface area contributed by atoms with Crippen molar-refractivity contribution in [2.45, 2.75) is 71.3 Å². The topological polar surface area (TPSA) is 52.7 Å². The second-order valence-electron chi connectivity index (χ2n) is 11.5. The van der Waals surface area contributed by atoms with Crippen molar-refractivity contribution in [3.05, 3.63) is 0 Å². The molecule has 0 aromatic heterocycles. The summed E-state index contributed by atoms with van der Waals surface area (Å²) in [6.45, 7) is 6.70. The molecule has 1 atom stereocenters. The fourth-order valence-corrected chi connectivity index (χ4v) is 7.32. The summed E-state index contributed by atoms with van der Waals surface area (Å²) >= 11 is 0. The highest BCUT2D eigenvalue weighted by Crippen LogP contribution is 2.60. The Morgan fingerprint density at radius 1 is 1.07 bits per heavy atom. The normalized spacial score (nSPS) is 37.0. The van der Waals surface area contributed by atoms with Crippen LogP contribution in [0.3, 0.4) is 0 Å². The van der Waals surface area contributed by atoms with E-state index < -0.39 is 0 Å². The summed E-state index contributed by atoms with van der Waals surface area (Å²) in [5.74, 6) is 2.66. The summed E-state index contributed by atoms with van der Waals surface area (Å²) in [6.07, 6.45) is 9.05.